The number of carbonyl (C=O) groups excluding carboxylic acids is 2. The molecule has 3 rings (SSSR count). The number of hydrogen-bond donors (Lipinski definition) is 0. The SMILES string of the molecule is O=C(OC1=CCCC=C1)c1ccccc1C(=O)Oc1ccccc1. The van der Waals surface area contributed by atoms with Crippen LogP contribution in [0.1, 0.15) is 33.6 Å². The van der Waals surface area contributed by atoms with E-state index in [1.807, 2.05) is 18.2 Å². The lowest BCUT2D eigenvalue weighted by Gasteiger charge is -2.11. The summed E-state index contributed by atoms with van der Waals surface area (Å²) in [6.45, 7) is 0. The van der Waals surface area contributed by atoms with Gasteiger partial charge in [-0.25, -0.2) is 9.59 Å². The van der Waals surface area contributed by atoms with Gasteiger partial charge in [0.25, 0.3) is 0 Å². The average Bonchev–Trinajstić information content (AvgIpc) is 2.63. The number of hydrogen-bond acceptors (Lipinski definition) is 4. The Bertz CT molecular complexity index is 803. The van der Waals surface area contributed by atoms with Crippen LogP contribution in [0.4, 0.5) is 0 Å². The van der Waals surface area contributed by atoms with Crippen LogP contribution >= 0.6 is 0 Å². The highest BCUT2D eigenvalue weighted by atomic mass is 16.5. The van der Waals surface area contributed by atoms with E-state index in [-0.39, 0.29) is 11.1 Å². The minimum Gasteiger partial charge on any atom is -0.423 e. The van der Waals surface area contributed by atoms with E-state index in [4.69, 9.17) is 9.47 Å². The Morgan fingerprint density at radius 1 is 0.750 bits per heavy atom. The molecule has 0 unspecified atom stereocenters. The third kappa shape index (κ3) is 3.79. The van der Waals surface area contributed by atoms with Gasteiger partial charge in [0, 0.05) is 0 Å². The smallest absolute Gasteiger partial charge is 0.344 e. The maximum Gasteiger partial charge on any atom is 0.344 e. The van der Waals surface area contributed by atoms with Crippen molar-refractivity contribution >= 4 is 11.9 Å². The van der Waals surface area contributed by atoms with Crippen molar-refractivity contribution in [3.8, 4) is 5.75 Å². The van der Waals surface area contributed by atoms with Crippen molar-refractivity contribution in [1.29, 1.82) is 0 Å². The summed E-state index contributed by atoms with van der Waals surface area (Å²) in [5.41, 5.74) is 0.352. The highest BCUT2D eigenvalue weighted by molar-refractivity contribution is 6.04. The van der Waals surface area contributed by atoms with Gasteiger partial charge in [0.1, 0.15) is 11.5 Å². The van der Waals surface area contributed by atoms with E-state index in [1.54, 1.807) is 54.6 Å². The molecule has 0 spiro atoms. The van der Waals surface area contributed by atoms with Gasteiger partial charge in [0.2, 0.25) is 0 Å². The molecule has 120 valence electrons. The molecule has 0 aromatic heterocycles. The van der Waals surface area contributed by atoms with Gasteiger partial charge in [-0.1, -0.05) is 36.4 Å². The molecular formula is C20H16O4. The summed E-state index contributed by atoms with van der Waals surface area (Å²) in [4.78, 5) is 24.8. The number of carbonyl (C=O) groups is 2. The minimum absolute atomic E-state index is 0.173. The zero-order valence-corrected chi connectivity index (χ0v) is 13.0. The van der Waals surface area contributed by atoms with Crippen LogP contribution in [-0.4, -0.2) is 11.9 Å². The van der Waals surface area contributed by atoms with Gasteiger partial charge in [0.15, 0.2) is 0 Å². The summed E-state index contributed by atoms with van der Waals surface area (Å²) in [5, 5.41) is 0. The summed E-state index contributed by atoms with van der Waals surface area (Å²) in [6.07, 6.45) is 7.31. The Morgan fingerprint density at radius 3 is 2.00 bits per heavy atom. The third-order valence-corrected chi connectivity index (χ3v) is 3.49. The monoisotopic (exact) mass is 320 g/mol. The molecule has 2 aromatic rings. The zero-order chi connectivity index (χ0) is 16.8. The molecule has 0 saturated carbocycles. The predicted octanol–water partition coefficient (Wildman–Crippen LogP) is 4.30. The molecule has 24 heavy (non-hydrogen) atoms. The van der Waals surface area contributed by atoms with E-state index in [0.717, 1.165) is 12.8 Å². The molecule has 0 bridgehead atoms. The standard InChI is InChI=1S/C20H16O4/c21-19(23-15-9-3-1-4-10-15)17-13-7-8-14-18(17)20(22)24-16-11-5-2-6-12-16/h1,3-5,7-14H,2,6H2. The van der Waals surface area contributed by atoms with Crippen LogP contribution in [0.15, 0.2) is 78.6 Å². The Labute approximate surface area is 140 Å². The van der Waals surface area contributed by atoms with E-state index in [0.29, 0.717) is 11.5 Å². The van der Waals surface area contributed by atoms with Crippen molar-refractivity contribution in [3.05, 3.63) is 89.7 Å². The second-order valence-electron chi connectivity index (χ2n) is 5.22. The lowest BCUT2D eigenvalue weighted by molar-refractivity contribution is 0.0618. The number of ether oxygens (including phenoxy) is 2. The first kappa shape index (κ1) is 15.7. The fraction of sp³-hybridized carbons (Fsp3) is 0.100. The van der Waals surface area contributed by atoms with Crippen LogP contribution in [0.2, 0.25) is 0 Å². The fourth-order valence-corrected chi connectivity index (χ4v) is 2.32. The molecule has 0 saturated heterocycles. The number of para-hydroxylation sites is 1. The van der Waals surface area contributed by atoms with Gasteiger partial charge in [-0.2, -0.15) is 0 Å². The topological polar surface area (TPSA) is 52.6 Å². The maximum atomic E-state index is 12.4. The first-order valence-electron chi connectivity index (χ1n) is 7.69. The second kappa shape index (κ2) is 7.42. The highest BCUT2D eigenvalue weighted by Crippen LogP contribution is 2.18. The molecule has 0 radical (unpaired) electrons. The molecule has 4 heteroatoms. The number of rotatable bonds is 4. The molecule has 4 nitrogen and oxygen atoms in total. The van der Waals surface area contributed by atoms with Gasteiger partial charge >= 0.3 is 11.9 Å². The lowest BCUT2D eigenvalue weighted by atomic mass is 10.1. The molecular weight excluding hydrogens is 304 g/mol. The van der Waals surface area contributed by atoms with Crippen LogP contribution in [0.25, 0.3) is 0 Å². The molecule has 2 aromatic carbocycles. The lowest BCUT2D eigenvalue weighted by Crippen LogP contribution is -2.15. The van der Waals surface area contributed by atoms with E-state index >= 15 is 0 Å². The van der Waals surface area contributed by atoms with Crippen molar-refractivity contribution in [1.82, 2.24) is 0 Å². The largest absolute Gasteiger partial charge is 0.423 e. The first-order valence-corrected chi connectivity index (χ1v) is 7.69. The summed E-state index contributed by atoms with van der Waals surface area (Å²) in [6, 6.07) is 15.2. The molecule has 1 aliphatic rings. The fourth-order valence-electron chi connectivity index (χ4n) is 2.32. The van der Waals surface area contributed by atoms with Gasteiger partial charge in [-0.05, 0) is 49.3 Å². The van der Waals surface area contributed by atoms with Crippen molar-refractivity contribution in [2.75, 3.05) is 0 Å². The van der Waals surface area contributed by atoms with Crippen molar-refractivity contribution < 1.29 is 19.1 Å². The minimum atomic E-state index is -0.595. The van der Waals surface area contributed by atoms with E-state index in [1.165, 1.54) is 0 Å². The highest BCUT2D eigenvalue weighted by Gasteiger charge is 2.20. The summed E-state index contributed by atoms with van der Waals surface area (Å²) in [7, 11) is 0. The third-order valence-electron chi connectivity index (χ3n) is 3.49. The molecule has 0 fully saturated rings. The van der Waals surface area contributed by atoms with Crippen molar-refractivity contribution in [3.63, 3.8) is 0 Å². The van der Waals surface area contributed by atoms with Crippen LogP contribution < -0.4 is 4.74 Å². The Hall–Kier alpha value is -3.14. The van der Waals surface area contributed by atoms with Crippen molar-refractivity contribution in [2.45, 2.75) is 12.8 Å². The molecule has 0 N–H and O–H groups in total. The summed E-state index contributed by atoms with van der Waals surface area (Å²) < 4.78 is 10.7. The second-order valence-corrected chi connectivity index (χ2v) is 5.22. The van der Waals surface area contributed by atoms with Crippen LogP contribution in [0, 0.1) is 0 Å². The van der Waals surface area contributed by atoms with Gasteiger partial charge in [-0.3, -0.25) is 0 Å². The normalized spacial score (nSPS) is 13.1. The maximum absolute atomic E-state index is 12.4. The summed E-state index contributed by atoms with van der Waals surface area (Å²) >= 11 is 0. The van der Waals surface area contributed by atoms with Gasteiger partial charge < -0.3 is 9.47 Å². The Kier molecular flexibility index (Phi) is 4.87. The van der Waals surface area contributed by atoms with E-state index in [9.17, 15) is 9.59 Å². The van der Waals surface area contributed by atoms with E-state index < -0.39 is 11.9 Å². The Balaban J connectivity index is 1.79. The van der Waals surface area contributed by atoms with Crippen LogP contribution in [0.5, 0.6) is 5.75 Å². The zero-order valence-electron chi connectivity index (χ0n) is 13.0. The van der Waals surface area contributed by atoms with Crippen molar-refractivity contribution in [2.24, 2.45) is 0 Å². The quantitative estimate of drug-likeness (QED) is 0.622. The molecule has 0 heterocycles. The molecule has 0 aliphatic heterocycles. The van der Waals surface area contributed by atoms with Crippen LogP contribution in [-0.2, 0) is 4.74 Å². The number of allylic oxidation sites excluding steroid dienone is 3. The van der Waals surface area contributed by atoms with E-state index in [2.05, 4.69) is 0 Å². The Morgan fingerprint density at radius 2 is 1.38 bits per heavy atom. The predicted molar refractivity (Wildman–Crippen MR) is 89.7 cm³/mol. The van der Waals surface area contributed by atoms with Crippen LogP contribution in [0.3, 0.4) is 0 Å². The summed E-state index contributed by atoms with van der Waals surface area (Å²) in [5.74, 6) is -0.253. The molecule has 0 amide bonds. The number of esters is 2. The van der Waals surface area contributed by atoms with Gasteiger partial charge in [-0.15, -0.1) is 0 Å². The first-order chi connectivity index (χ1) is 11.7. The average molecular weight is 320 g/mol. The number of benzene rings is 2. The van der Waals surface area contributed by atoms with Gasteiger partial charge in [0.05, 0.1) is 11.1 Å². The molecule has 1 aliphatic carbocycles. The molecule has 0 atom stereocenters.